The van der Waals surface area contributed by atoms with Crippen LogP contribution >= 0.6 is 7.92 Å². The van der Waals surface area contributed by atoms with Gasteiger partial charge in [-0.2, -0.15) is 0 Å². The van der Waals surface area contributed by atoms with E-state index in [1.54, 1.807) is 0 Å². The zero-order valence-electron chi connectivity index (χ0n) is 7.63. The molecule has 62 valence electrons. The average molecular weight is 162 g/mol. The normalized spacial score (nSPS) is 15.3. The van der Waals surface area contributed by atoms with Gasteiger partial charge in [0.25, 0.3) is 0 Å². The molecule has 0 heterocycles. The second kappa shape index (κ2) is 4.31. The monoisotopic (exact) mass is 162 g/mol. The molecule has 0 aliphatic heterocycles. The van der Waals surface area contributed by atoms with E-state index in [1.807, 2.05) is 6.92 Å². The van der Waals surface area contributed by atoms with Crippen molar-refractivity contribution < 1.29 is 5.11 Å². The van der Waals surface area contributed by atoms with Crippen LogP contribution in [0.3, 0.4) is 0 Å². The van der Waals surface area contributed by atoms with Crippen molar-refractivity contribution >= 4 is 7.92 Å². The van der Waals surface area contributed by atoms with Crippen molar-refractivity contribution in [2.45, 2.75) is 51.8 Å². The Bertz CT molecular complexity index is 70.2. The van der Waals surface area contributed by atoms with Crippen LogP contribution in [0.5, 0.6) is 0 Å². The van der Waals surface area contributed by atoms with Crippen molar-refractivity contribution in [3.63, 3.8) is 0 Å². The molecule has 0 aliphatic rings. The fraction of sp³-hybridized carbons (Fsp3) is 1.00. The number of hydrogen-bond acceptors (Lipinski definition) is 1. The van der Waals surface area contributed by atoms with Crippen LogP contribution < -0.4 is 0 Å². The summed E-state index contributed by atoms with van der Waals surface area (Å²) in [5, 5.41) is 9.38. The predicted molar refractivity (Wildman–Crippen MR) is 48.9 cm³/mol. The Morgan fingerprint density at radius 2 is 1.20 bits per heavy atom. The van der Waals surface area contributed by atoms with Crippen LogP contribution in [0, 0.1) is 0 Å². The topological polar surface area (TPSA) is 20.2 Å². The summed E-state index contributed by atoms with van der Waals surface area (Å²) in [5.41, 5.74) is 1.30. The van der Waals surface area contributed by atoms with Crippen LogP contribution in [0.25, 0.3) is 0 Å². The fourth-order valence-corrected chi connectivity index (χ4v) is 4.38. The fourth-order valence-electron chi connectivity index (χ4n) is 1.46. The Labute approximate surface area is 65.6 Å². The first-order valence-corrected chi connectivity index (χ1v) is 5.47. The molecular formula is C8H19OP. The Morgan fingerprint density at radius 1 is 0.900 bits per heavy atom. The van der Waals surface area contributed by atoms with Crippen molar-refractivity contribution in [3.05, 3.63) is 0 Å². The molecule has 0 radical (unpaired) electrons. The summed E-state index contributed by atoms with van der Waals surface area (Å²) in [4.78, 5) is 0. The molecular weight excluding hydrogens is 143 g/mol. The molecule has 0 saturated carbocycles. The van der Waals surface area contributed by atoms with Gasteiger partial charge in [0.15, 0.2) is 0 Å². The van der Waals surface area contributed by atoms with E-state index in [0.717, 1.165) is 0 Å². The molecule has 0 spiro atoms. The van der Waals surface area contributed by atoms with Gasteiger partial charge in [-0.15, -0.1) is 0 Å². The highest BCUT2D eigenvalue weighted by atomic mass is 31.1. The Balaban J connectivity index is 3.98. The molecule has 0 aromatic heterocycles. The highest BCUT2D eigenvalue weighted by Crippen LogP contribution is 2.49. The van der Waals surface area contributed by atoms with Gasteiger partial charge in [0.2, 0.25) is 0 Å². The molecule has 0 saturated heterocycles. The Kier molecular flexibility index (Phi) is 4.47. The first-order chi connectivity index (χ1) is 4.46. The molecule has 0 aromatic carbocycles. The average Bonchev–Trinajstić information content (AvgIpc) is 1.59. The second-order valence-corrected chi connectivity index (χ2v) is 6.97. The van der Waals surface area contributed by atoms with Gasteiger partial charge in [-0.3, -0.25) is 0 Å². The largest absolute Gasteiger partial charge is 0.389 e. The van der Waals surface area contributed by atoms with Crippen molar-refractivity contribution in [2.75, 3.05) is 0 Å². The molecule has 0 aliphatic carbocycles. The molecule has 0 aromatic rings. The van der Waals surface area contributed by atoms with Gasteiger partial charge in [-0.1, -0.05) is 35.6 Å². The molecule has 0 bridgehead atoms. The van der Waals surface area contributed by atoms with E-state index in [-0.39, 0.29) is 13.8 Å². The van der Waals surface area contributed by atoms with E-state index in [2.05, 4.69) is 27.7 Å². The molecule has 2 heteroatoms. The lowest BCUT2D eigenvalue weighted by Gasteiger charge is -2.28. The zero-order valence-corrected chi connectivity index (χ0v) is 8.52. The standard InChI is InChI=1S/C8H19OP/c1-6(2)10(7(3)4)8(5)9/h6-9H,1-5H3. The summed E-state index contributed by atoms with van der Waals surface area (Å²) in [6.07, 6.45) is 0. The maximum atomic E-state index is 9.38. The third-order valence-corrected chi connectivity index (χ3v) is 4.87. The van der Waals surface area contributed by atoms with Crippen molar-refractivity contribution in [1.82, 2.24) is 0 Å². The van der Waals surface area contributed by atoms with Gasteiger partial charge in [0.1, 0.15) is 0 Å². The SMILES string of the molecule is CC(C)P(C(C)C)C(C)O. The number of aliphatic hydroxyl groups is 1. The molecule has 0 amide bonds. The number of hydrogen-bond donors (Lipinski definition) is 1. The van der Waals surface area contributed by atoms with E-state index >= 15 is 0 Å². The minimum absolute atomic E-state index is 0.102. The minimum Gasteiger partial charge on any atom is -0.389 e. The summed E-state index contributed by atoms with van der Waals surface area (Å²) in [5.74, 6) is -0.102. The minimum atomic E-state index is -0.182. The van der Waals surface area contributed by atoms with Gasteiger partial charge < -0.3 is 5.11 Å². The lowest BCUT2D eigenvalue weighted by molar-refractivity contribution is 0.275. The summed E-state index contributed by atoms with van der Waals surface area (Å²) < 4.78 is 0. The van der Waals surface area contributed by atoms with E-state index < -0.39 is 0 Å². The van der Waals surface area contributed by atoms with Crippen molar-refractivity contribution in [3.8, 4) is 0 Å². The zero-order chi connectivity index (χ0) is 8.31. The quantitative estimate of drug-likeness (QED) is 0.632. The Morgan fingerprint density at radius 3 is 1.20 bits per heavy atom. The van der Waals surface area contributed by atoms with Gasteiger partial charge in [0.05, 0.1) is 5.85 Å². The van der Waals surface area contributed by atoms with Crippen LogP contribution in [0.15, 0.2) is 0 Å². The van der Waals surface area contributed by atoms with Gasteiger partial charge >= 0.3 is 0 Å². The van der Waals surface area contributed by atoms with Crippen LogP contribution in [0.1, 0.15) is 34.6 Å². The van der Waals surface area contributed by atoms with E-state index in [1.165, 1.54) is 0 Å². The number of aliphatic hydroxyl groups excluding tert-OH is 1. The second-order valence-electron chi connectivity index (χ2n) is 3.27. The third kappa shape index (κ3) is 2.98. The summed E-state index contributed by atoms with van der Waals surface area (Å²) >= 11 is 0. The molecule has 1 atom stereocenters. The molecule has 1 N–H and O–H groups in total. The molecule has 1 unspecified atom stereocenters. The summed E-state index contributed by atoms with van der Waals surface area (Å²) in [6, 6.07) is 0. The van der Waals surface area contributed by atoms with Gasteiger partial charge in [-0.05, 0) is 18.2 Å². The first-order valence-electron chi connectivity index (χ1n) is 3.92. The lowest BCUT2D eigenvalue weighted by Crippen LogP contribution is -2.13. The summed E-state index contributed by atoms with van der Waals surface area (Å²) in [6.45, 7) is 10.7. The van der Waals surface area contributed by atoms with Crippen LogP contribution in [-0.4, -0.2) is 22.3 Å². The van der Waals surface area contributed by atoms with Gasteiger partial charge in [-0.25, -0.2) is 0 Å². The third-order valence-electron chi connectivity index (χ3n) is 1.62. The van der Waals surface area contributed by atoms with Crippen molar-refractivity contribution in [2.24, 2.45) is 0 Å². The van der Waals surface area contributed by atoms with Gasteiger partial charge in [0, 0.05) is 0 Å². The smallest absolute Gasteiger partial charge is 0.0707 e. The Hall–Kier alpha value is 0.390. The maximum absolute atomic E-state index is 9.38. The first kappa shape index (κ1) is 10.4. The van der Waals surface area contributed by atoms with Crippen LogP contribution in [0.4, 0.5) is 0 Å². The highest BCUT2D eigenvalue weighted by molar-refractivity contribution is 7.59. The van der Waals surface area contributed by atoms with E-state index in [9.17, 15) is 5.11 Å². The molecule has 0 fully saturated rings. The number of rotatable bonds is 3. The molecule has 0 rings (SSSR count). The highest BCUT2D eigenvalue weighted by Gasteiger charge is 2.20. The maximum Gasteiger partial charge on any atom is 0.0707 e. The van der Waals surface area contributed by atoms with Crippen molar-refractivity contribution in [1.29, 1.82) is 0 Å². The predicted octanol–water partition coefficient (Wildman–Crippen LogP) is 2.62. The van der Waals surface area contributed by atoms with E-state index in [0.29, 0.717) is 11.3 Å². The summed E-state index contributed by atoms with van der Waals surface area (Å²) in [7, 11) is -0.182. The van der Waals surface area contributed by atoms with Crippen LogP contribution in [-0.2, 0) is 0 Å². The van der Waals surface area contributed by atoms with E-state index in [4.69, 9.17) is 0 Å². The lowest BCUT2D eigenvalue weighted by atomic mass is 10.5. The molecule has 10 heavy (non-hydrogen) atoms. The molecule has 1 nitrogen and oxygen atoms in total. The van der Waals surface area contributed by atoms with Crippen LogP contribution in [0.2, 0.25) is 0 Å².